The van der Waals surface area contributed by atoms with E-state index in [9.17, 15) is 13.2 Å². The maximum absolute atomic E-state index is 12.2. The van der Waals surface area contributed by atoms with E-state index >= 15 is 0 Å². The molecule has 1 aromatic heterocycles. The van der Waals surface area contributed by atoms with Crippen LogP contribution in [0.3, 0.4) is 0 Å². The molecule has 0 unspecified atom stereocenters. The van der Waals surface area contributed by atoms with E-state index < -0.39 is 9.84 Å². The first kappa shape index (κ1) is 17.3. The summed E-state index contributed by atoms with van der Waals surface area (Å²) in [6, 6.07) is 4.83. The van der Waals surface area contributed by atoms with Crippen molar-refractivity contribution in [3.8, 4) is 0 Å². The topological polar surface area (TPSA) is 80.6 Å². The number of hydrogen-bond acceptors (Lipinski definition) is 5. The first-order valence-corrected chi connectivity index (χ1v) is 10.9. The number of fused-ring (bicyclic) bond motifs is 1. The minimum Gasteiger partial charge on any atom is -0.327 e. The van der Waals surface area contributed by atoms with Gasteiger partial charge < -0.3 is 4.90 Å². The molecule has 2 aromatic rings. The van der Waals surface area contributed by atoms with Crippen molar-refractivity contribution in [2.45, 2.75) is 30.6 Å². The van der Waals surface area contributed by atoms with Gasteiger partial charge in [-0.05, 0) is 43.9 Å². The number of quaternary nitrogens is 1. The Morgan fingerprint density at radius 2 is 1.96 bits per heavy atom. The molecule has 1 fully saturated rings. The molecule has 130 valence electrons. The van der Waals surface area contributed by atoms with E-state index in [0.29, 0.717) is 17.2 Å². The molecule has 0 bridgehead atoms. The zero-order chi connectivity index (χ0) is 17.2. The van der Waals surface area contributed by atoms with Gasteiger partial charge in [0.2, 0.25) is 0 Å². The predicted octanol–water partition coefficient (Wildman–Crippen LogP) is 1.10. The number of rotatable bonds is 4. The van der Waals surface area contributed by atoms with Gasteiger partial charge in [-0.3, -0.25) is 10.1 Å². The van der Waals surface area contributed by atoms with Crippen molar-refractivity contribution in [1.82, 2.24) is 4.98 Å². The zero-order valence-electron chi connectivity index (χ0n) is 13.7. The lowest BCUT2D eigenvalue weighted by molar-refractivity contribution is -0.890. The predicted molar refractivity (Wildman–Crippen MR) is 95.4 cm³/mol. The van der Waals surface area contributed by atoms with Crippen molar-refractivity contribution < 1.29 is 18.1 Å². The maximum atomic E-state index is 12.2. The summed E-state index contributed by atoms with van der Waals surface area (Å²) in [5.41, 5.74) is 0.699. The van der Waals surface area contributed by atoms with Crippen LogP contribution in [-0.2, 0) is 14.6 Å². The lowest BCUT2D eigenvalue weighted by atomic mass is 10.2. The normalized spacial score (nSPS) is 16.9. The van der Waals surface area contributed by atoms with Crippen LogP contribution in [0.5, 0.6) is 0 Å². The van der Waals surface area contributed by atoms with Gasteiger partial charge in [-0.1, -0.05) is 11.3 Å². The summed E-state index contributed by atoms with van der Waals surface area (Å²) in [5, 5.41) is 3.38. The number of likely N-dealkylation sites (tertiary alicyclic amines) is 1. The summed E-state index contributed by atoms with van der Waals surface area (Å²) in [6.45, 7) is 2.56. The van der Waals surface area contributed by atoms with Crippen LogP contribution in [0.2, 0.25) is 0 Å². The molecule has 1 amide bonds. The van der Waals surface area contributed by atoms with Gasteiger partial charge in [0.1, 0.15) is 0 Å². The van der Waals surface area contributed by atoms with E-state index in [0.717, 1.165) is 17.8 Å². The van der Waals surface area contributed by atoms with Crippen LogP contribution in [-0.4, -0.2) is 45.2 Å². The molecule has 0 aliphatic carbocycles. The Morgan fingerprint density at radius 1 is 1.25 bits per heavy atom. The molecule has 0 radical (unpaired) electrons. The molecule has 2 heterocycles. The molecule has 1 saturated heterocycles. The molecular formula is C16H22N3O3S2+. The second kappa shape index (κ2) is 7.16. The molecule has 1 aromatic carbocycles. The summed E-state index contributed by atoms with van der Waals surface area (Å²) in [6.07, 6.45) is 6.05. The van der Waals surface area contributed by atoms with Crippen molar-refractivity contribution in [2.24, 2.45) is 0 Å². The third kappa shape index (κ3) is 4.31. The Morgan fingerprint density at radius 3 is 2.62 bits per heavy atom. The van der Waals surface area contributed by atoms with Gasteiger partial charge in [-0.15, -0.1) is 0 Å². The second-order valence-corrected chi connectivity index (χ2v) is 9.36. The number of carbonyl (C=O) groups excluding carboxylic acids is 1. The summed E-state index contributed by atoms with van der Waals surface area (Å²) in [4.78, 5) is 18.2. The van der Waals surface area contributed by atoms with Crippen molar-refractivity contribution in [2.75, 3.05) is 31.2 Å². The van der Waals surface area contributed by atoms with E-state index in [2.05, 4.69) is 10.3 Å². The van der Waals surface area contributed by atoms with E-state index in [1.807, 2.05) is 0 Å². The lowest BCUT2D eigenvalue weighted by Gasteiger charge is -2.15. The Balaban J connectivity index is 1.69. The number of thiazole rings is 1. The van der Waals surface area contributed by atoms with Crippen molar-refractivity contribution in [1.29, 1.82) is 0 Å². The number of hydrogen-bond donors (Lipinski definition) is 2. The molecule has 8 heteroatoms. The fourth-order valence-electron chi connectivity index (χ4n) is 2.98. The van der Waals surface area contributed by atoms with Gasteiger partial charge in [-0.2, -0.15) is 0 Å². The molecule has 1 aliphatic heterocycles. The van der Waals surface area contributed by atoms with Gasteiger partial charge in [0.25, 0.3) is 5.91 Å². The molecule has 2 N–H and O–H groups in total. The van der Waals surface area contributed by atoms with Crippen LogP contribution in [0.1, 0.15) is 25.7 Å². The third-order valence-corrected chi connectivity index (χ3v) is 6.30. The largest absolute Gasteiger partial charge is 0.327 e. The first-order valence-electron chi connectivity index (χ1n) is 8.16. The van der Waals surface area contributed by atoms with Crippen LogP contribution in [0.4, 0.5) is 5.13 Å². The summed E-state index contributed by atoms with van der Waals surface area (Å²) in [7, 11) is -3.24. The highest BCUT2D eigenvalue weighted by atomic mass is 32.2. The number of sulfone groups is 1. The van der Waals surface area contributed by atoms with Gasteiger partial charge >= 0.3 is 0 Å². The van der Waals surface area contributed by atoms with Crippen LogP contribution in [0.15, 0.2) is 23.1 Å². The average molecular weight is 369 g/mol. The quantitative estimate of drug-likeness (QED) is 0.847. The molecule has 6 nitrogen and oxygen atoms in total. The summed E-state index contributed by atoms with van der Waals surface area (Å²) >= 11 is 1.31. The van der Waals surface area contributed by atoms with Gasteiger partial charge in [0, 0.05) is 6.26 Å². The fraction of sp³-hybridized carbons (Fsp3) is 0.500. The van der Waals surface area contributed by atoms with Crippen molar-refractivity contribution in [3.63, 3.8) is 0 Å². The highest BCUT2D eigenvalue weighted by Gasteiger charge is 2.18. The van der Waals surface area contributed by atoms with E-state index in [-0.39, 0.29) is 10.8 Å². The molecule has 3 rings (SSSR count). The second-order valence-electron chi connectivity index (χ2n) is 6.31. The Bertz CT molecular complexity index is 837. The standard InChI is InChI=1S/C16H21N3O3S2/c1-24(21,22)12-6-7-13-14(10-12)23-16(17-13)18-15(20)11-19-8-4-2-3-5-9-19/h6-7,10H,2-5,8-9,11H2,1H3,(H,17,18,20)/p+1. The lowest BCUT2D eigenvalue weighted by Crippen LogP contribution is -3.12. The number of nitrogens with zero attached hydrogens (tertiary/aromatic N) is 1. The highest BCUT2D eigenvalue weighted by Crippen LogP contribution is 2.28. The van der Waals surface area contributed by atoms with Gasteiger partial charge in [0.05, 0.1) is 28.2 Å². The van der Waals surface area contributed by atoms with Crippen LogP contribution in [0, 0.1) is 0 Å². The average Bonchev–Trinajstić information content (AvgIpc) is 2.72. The molecule has 0 atom stereocenters. The fourth-order valence-corrected chi connectivity index (χ4v) is 4.63. The SMILES string of the molecule is CS(=O)(=O)c1ccc2nc(NC(=O)C[NH+]3CCCCCC3)sc2c1. The van der Waals surface area contributed by atoms with Crippen molar-refractivity contribution >= 4 is 42.4 Å². The van der Waals surface area contributed by atoms with Crippen molar-refractivity contribution in [3.05, 3.63) is 18.2 Å². The highest BCUT2D eigenvalue weighted by molar-refractivity contribution is 7.90. The van der Waals surface area contributed by atoms with Gasteiger partial charge in [0.15, 0.2) is 21.5 Å². The minimum absolute atomic E-state index is 0.0331. The van der Waals surface area contributed by atoms with Gasteiger partial charge in [-0.25, -0.2) is 13.4 Å². The Hall–Kier alpha value is -1.51. The van der Waals surface area contributed by atoms with E-state index in [1.165, 1.54) is 48.2 Å². The minimum atomic E-state index is -3.24. The Labute approximate surface area is 145 Å². The van der Waals surface area contributed by atoms with Crippen LogP contribution in [0.25, 0.3) is 10.2 Å². The number of anilines is 1. The number of aromatic nitrogens is 1. The maximum Gasteiger partial charge on any atom is 0.281 e. The third-order valence-electron chi connectivity index (χ3n) is 4.26. The summed E-state index contributed by atoms with van der Waals surface area (Å²) < 4.78 is 24.0. The number of carbonyl (C=O) groups is 1. The Kier molecular flexibility index (Phi) is 5.17. The molecule has 24 heavy (non-hydrogen) atoms. The molecule has 1 aliphatic rings. The first-order chi connectivity index (χ1) is 11.4. The smallest absolute Gasteiger partial charge is 0.281 e. The molecule has 0 spiro atoms. The zero-order valence-corrected chi connectivity index (χ0v) is 15.3. The van der Waals surface area contributed by atoms with E-state index in [4.69, 9.17) is 0 Å². The van der Waals surface area contributed by atoms with E-state index in [1.54, 1.807) is 18.2 Å². The molecule has 0 saturated carbocycles. The van der Waals surface area contributed by atoms with Crippen LogP contribution >= 0.6 is 11.3 Å². The number of benzene rings is 1. The monoisotopic (exact) mass is 368 g/mol. The number of amides is 1. The molecular weight excluding hydrogens is 346 g/mol. The summed E-state index contributed by atoms with van der Waals surface area (Å²) in [5.74, 6) is -0.0331. The van der Waals surface area contributed by atoms with Crippen LogP contribution < -0.4 is 10.2 Å². The number of nitrogens with one attached hydrogen (secondary N) is 2.